The Kier molecular flexibility index (Phi) is 8.92. The van der Waals surface area contributed by atoms with Crippen LogP contribution in [0.15, 0.2) is 33.2 Å². The Labute approximate surface area is 138 Å². The van der Waals surface area contributed by atoms with Crippen LogP contribution in [-0.4, -0.2) is 27.1 Å². The second kappa shape index (κ2) is 9.27. The topological polar surface area (TPSA) is 112 Å². The molecule has 6 nitrogen and oxygen atoms in total. The highest BCUT2D eigenvalue weighted by Crippen LogP contribution is 2.39. The first kappa shape index (κ1) is 20.2. The summed E-state index contributed by atoms with van der Waals surface area (Å²) < 4.78 is 10.5. The van der Waals surface area contributed by atoms with Gasteiger partial charge in [0.15, 0.2) is 6.29 Å². The van der Waals surface area contributed by atoms with Crippen molar-refractivity contribution in [1.82, 2.24) is 0 Å². The van der Waals surface area contributed by atoms with E-state index in [0.29, 0.717) is 11.8 Å². The number of allylic oxidation sites excluding steroid dienone is 1. The van der Waals surface area contributed by atoms with Gasteiger partial charge in [0.1, 0.15) is 4.48 Å². The molecule has 0 radical (unpaired) electrons. The van der Waals surface area contributed by atoms with Crippen LogP contribution in [0.3, 0.4) is 0 Å². The molecule has 0 unspecified atom stereocenters. The molecule has 0 aliphatic rings. The zero-order valence-electron chi connectivity index (χ0n) is 10.9. The minimum atomic E-state index is -3.91. The maximum Gasteiger partial charge on any atom is 0.344 e. The molecule has 0 saturated heterocycles. The van der Waals surface area contributed by atoms with Crippen LogP contribution in [0.4, 0.5) is 0 Å². The summed E-state index contributed by atoms with van der Waals surface area (Å²) in [5, 5.41) is 8.19. The normalized spacial score (nSPS) is 11.9. The van der Waals surface area contributed by atoms with Crippen LogP contribution in [-0.2, 0) is 20.3 Å². The Hall–Kier alpha value is -0.790. The van der Waals surface area contributed by atoms with Crippen molar-refractivity contribution in [1.29, 1.82) is 0 Å². The monoisotopic (exact) mass is 442 g/mol. The van der Waals surface area contributed by atoms with E-state index in [-0.39, 0.29) is 15.1 Å². The molecule has 0 aliphatic heterocycles. The lowest BCUT2D eigenvalue weighted by atomic mass is 10.1. The Bertz CT molecular complexity index is 593. The van der Waals surface area contributed by atoms with Crippen molar-refractivity contribution in [3.05, 3.63) is 44.4 Å². The number of aliphatic carboxylic acids is 1. The highest BCUT2D eigenvalue weighted by Gasteiger charge is 2.14. The standard InChI is InChI=1S/C8H11O3P.C4H2Br2O3/c1-7-4-2-3-5-8(7)6-12(9,10)11;5-2(1-7)3(6)4(8)9/h2-5H,6H2,1H3,(H2,9,10,11);1H,(H,8,9). The third kappa shape index (κ3) is 8.95. The van der Waals surface area contributed by atoms with E-state index in [2.05, 4.69) is 31.9 Å². The van der Waals surface area contributed by atoms with E-state index in [1.54, 1.807) is 12.1 Å². The summed E-state index contributed by atoms with van der Waals surface area (Å²) in [6.07, 6.45) is 0.234. The molecule has 0 fully saturated rings. The smallest absolute Gasteiger partial charge is 0.344 e. The molecular weight excluding hydrogens is 431 g/mol. The predicted molar refractivity (Wildman–Crippen MR) is 85.5 cm³/mol. The van der Waals surface area contributed by atoms with Crippen LogP contribution >= 0.6 is 39.5 Å². The summed E-state index contributed by atoms with van der Waals surface area (Å²) in [5.41, 5.74) is 1.63. The lowest BCUT2D eigenvalue weighted by Crippen LogP contribution is -1.95. The fourth-order valence-corrected chi connectivity index (χ4v) is 2.22. The molecule has 0 aliphatic carbocycles. The summed E-state index contributed by atoms with van der Waals surface area (Å²) >= 11 is 5.40. The zero-order valence-corrected chi connectivity index (χ0v) is 14.9. The van der Waals surface area contributed by atoms with Crippen molar-refractivity contribution < 1.29 is 29.0 Å². The highest BCUT2D eigenvalue weighted by atomic mass is 79.9. The van der Waals surface area contributed by atoms with Crippen molar-refractivity contribution in [3.63, 3.8) is 0 Å². The molecule has 116 valence electrons. The molecule has 0 amide bonds. The zero-order chi connectivity index (χ0) is 16.6. The Morgan fingerprint density at radius 3 is 2.14 bits per heavy atom. The number of halogens is 2. The molecule has 0 bridgehead atoms. The van der Waals surface area contributed by atoms with Crippen molar-refractivity contribution >= 4 is 51.7 Å². The molecule has 1 aromatic rings. The minimum absolute atomic E-state index is 0.00463. The van der Waals surface area contributed by atoms with E-state index in [4.69, 9.17) is 14.9 Å². The number of aldehydes is 1. The first-order valence-electron chi connectivity index (χ1n) is 5.41. The van der Waals surface area contributed by atoms with Crippen LogP contribution < -0.4 is 0 Å². The molecule has 1 aromatic carbocycles. The number of hydrogen-bond donors (Lipinski definition) is 3. The third-order valence-electron chi connectivity index (χ3n) is 2.14. The Morgan fingerprint density at radius 1 is 1.29 bits per heavy atom. The van der Waals surface area contributed by atoms with Crippen molar-refractivity contribution in [3.8, 4) is 0 Å². The van der Waals surface area contributed by atoms with Crippen molar-refractivity contribution in [2.45, 2.75) is 13.1 Å². The molecule has 0 saturated carbocycles. The molecule has 0 atom stereocenters. The van der Waals surface area contributed by atoms with Gasteiger partial charge in [-0.2, -0.15) is 0 Å². The van der Waals surface area contributed by atoms with Crippen LogP contribution in [0.1, 0.15) is 11.1 Å². The SMILES string of the molecule is Cc1ccccc1CP(=O)(O)O.O=CC(Br)=C(Br)C(=O)O. The average Bonchev–Trinajstić information content (AvgIpc) is 2.39. The van der Waals surface area contributed by atoms with Gasteiger partial charge in [-0.05, 0) is 49.9 Å². The number of hydrogen-bond acceptors (Lipinski definition) is 3. The van der Waals surface area contributed by atoms with Crippen LogP contribution in [0.25, 0.3) is 0 Å². The lowest BCUT2D eigenvalue weighted by Gasteiger charge is -2.06. The quantitative estimate of drug-likeness (QED) is 0.374. The number of benzene rings is 1. The lowest BCUT2D eigenvalue weighted by molar-refractivity contribution is -0.131. The summed E-state index contributed by atoms with van der Waals surface area (Å²) in [5.74, 6) is -1.17. The van der Waals surface area contributed by atoms with Gasteiger partial charge in [0.25, 0.3) is 0 Å². The molecule has 21 heavy (non-hydrogen) atoms. The number of carbonyl (C=O) groups is 2. The largest absolute Gasteiger partial charge is 0.477 e. The van der Waals surface area contributed by atoms with Crippen LogP contribution in [0.5, 0.6) is 0 Å². The first-order chi connectivity index (χ1) is 9.58. The summed E-state index contributed by atoms with van der Waals surface area (Å²) in [6, 6.07) is 7.19. The van der Waals surface area contributed by atoms with Gasteiger partial charge in [-0.25, -0.2) is 4.79 Å². The first-order valence-corrected chi connectivity index (χ1v) is 8.79. The van der Waals surface area contributed by atoms with E-state index in [0.717, 1.165) is 5.56 Å². The van der Waals surface area contributed by atoms with Gasteiger partial charge in [0.05, 0.1) is 10.6 Å². The van der Waals surface area contributed by atoms with E-state index >= 15 is 0 Å². The fraction of sp³-hybridized carbons (Fsp3) is 0.167. The second-order valence-electron chi connectivity index (χ2n) is 3.83. The minimum Gasteiger partial charge on any atom is -0.477 e. The molecule has 0 aromatic heterocycles. The van der Waals surface area contributed by atoms with E-state index in [9.17, 15) is 14.2 Å². The molecule has 0 spiro atoms. The van der Waals surface area contributed by atoms with Gasteiger partial charge < -0.3 is 14.9 Å². The Morgan fingerprint density at radius 2 is 1.81 bits per heavy atom. The van der Waals surface area contributed by atoms with Crippen molar-refractivity contribution in [2.24, 2.45) is 0 Å². The maximum atomic E-state index is 10.6. The van der Waals surface area contributed by atoms with Gasteiger partial charge in [-0.1, -0.05) is 24.3 Å². The number of carbonyl (C=O) groups excluding carboxylic acids is 1. The summed E-state index contributed by atoms with van der Waals surface area (Å²) in [6.45, 7) is 1.84. The van der Waals surface area contributed by atoms with Crippen LogP contribution in [0, 0.1) is 6.92 Å². The van der Waals surface area contributed by atoms with Gasteiger partial charge in [0, 0.05) is 0 Å². The molecule has 3 N–H and O–H groups in total. The van der Waals surface area contributed by atoms with E-state index in [1.165, 1.54) is 0 Å². The third-order valence-corrected chi connectivity index (χ3v) is 4.77. The van der Waals surface area contributed by atoms with Crippen molar-refractivity contribution in [2.75, 3.05) is 0 Å². The van der Waals surface area contributed by atoms with Gasteiger partial charge in [-0.15, -0.1) is 0 Å². The van der Waals surface area contributed by atoms with Gasteiger partial charge in [-0.3, -0.25) is 9.36 Å². The van der Waals surface area contributed by atoms with Gasteiger partial charge >= 0.3 is 13.6 Å². The number of carboxylic acid groups (broad SMARTS) is 1. The summed E-state index contributed by atoms with van der Waals surface area (Å²) in [7, 11) is -3.91. The van der Waals surface area contributed by atoms with E-state index < -0.39 is 13.6 Å². The van der Waals surface area contributed by atoms with Crippen LogP contribution in [0.2, 0.25) is 0 Å². The summed E-state index contributed by atoms with van der Waals surface area (Å²) in [4.78, 5) is 37.3. The maximum absolute atomic E-state index is 10.6. The molecular formula is C12H13Br2O6P. The number of rotatable bonds is 4. The number of carboxylic acids is 1. The predicted octanol–water partition coefficient (Wildman–Crippen LogP) is 2.94. The highest BCUT2D eigenvalue weighted by molar-refractivity contribution is 9.14. The molecule has 9 heteroatoms. The molecule has 1 rings (SSSR count). The van der Waals surface area contributed by atoms with Gasteiger partial charge in [0.2, 0.25) is 0 Å². The van der Waals surface area contributed by atoms with E-state index in [1.807, 2.05) is 19.1 Å². The molecule has 0 heterocycles. The average molecular weight is 444 g/mol. The second-order valence-corrected chi connectivity index (χ2v) is 7.13. The fourth-order valence-electron chi connectivity index (χ4n) is 1.16. The Balaban J connectivity index is 0.000000400. The number of aryl methyl sites for hydroxylation is 1.